The third-order valence-electron chi connectivity index (χ3n) is 3.20. The lowest BCUT2D eigenvalue weighted by Crippen LogP contribution is -2.13. The van der Waals surface area contributed by atoms with Crippen molar-refractivity contribution in [2.45, 2.75) is 23.3 Å². The van der Waals surface area contributed by atoms with E-state index in [9.17, 15) is 16.8 Å². The first-order valence-corrected chi connectivity index (χ1v) is 10.6. The highest BCUT2D eigenvalue weighted by molar-refractivity contribution is 7.91. The van der Waals surface area contributed by atoms with Gasteiger partial charge in [-0.3, -0.25) is 4.68 Å². The fraction of sp³-hybridized carbons (Fsp3) is 0.357. The Morgan fingerprint density at radius 2 is 1.83 bits per heavy atom. The molecule has 0 bridgehead atoms. The fourth-order valence-corrected chi connectivity index (χ4v) is 3.68. The molecule has 0 aliphatic rings. The Kier molecular flexibility index (Phi) is 4.81. The number of hydrogen-bond donors (Lipinski definition) is 1. The first-order valence-electron chi connectivity index (χ1n) is 6.84. The predicted molar refractivity (Wildman–Crippen MR) is 88.1 cm³/mol. The van der Waals surface area contributed by atoms with Gasteiger partial charge in [-0.05, 0) is 30.7 Å². The number of sulfone groups is 2. The van der Waals surface area contributed by atoms with Gasteiger partial charge in [-0.25, -0.2) is 16.8 Å². The molecule has 9 heteroatoms. The first kappa shape index (κ1) is 17.5. The van der Waals surface area contributed by atoms with Crippen molar-refractivity contribution in [1.29, 1.82) is 0 Å². The lowest BCUT2D eigenvalue weighted by atomic mass is 10.3. The molecule has 2 rings (SSSR count). The Balaban J connectivity index is 2.24. The molecule has 1 heterocycles. The molecule has 23 heavy (non-hydrogen) atoms. The Labute approximate surface area is 136 Å². The van der Waals surface area contributed by atoms with Gasteiger partial charge in [0.1, 0.15) is 0 Å². The molecule has 1 aromatic heterocycles. The Bertz CT molecular complexity index is 915. The minimum atomic E-state index is -3.56. The van der Waals surface area contributed by atoms with Crippen molar-refractivity contribution in [1.82, 2.24) is 9.78 Å². The SMILES string of the molecule is Cc1cnn(CCNc2ccc(S(C)(=O)=O)cc2S(C)(=O)=O)c1. The number of rotatable bonds is 6. The molecular weight excluding hydrogens is 338 g/mol. The normalized spacial score (nSPS) is 12.3. The summed E-state index contributed by atoms with van der Waals surface area (Å²) < 4.78 is 48.8. The molecule has 0 unspecified atom stereocenters. The molecule has 1 aromatic carbocycles. The van der Waals surface area contributed by atoms with Crippen LogP contribution in [0.1, 0.15) is 5.56 Å². The zero-order valence-corrected chi connectivity index (χ0v) is 14.8. The van der Waals surface area contributed by atoms with Crippen LogP contribution in [0.3, 0.4) is 0 Å². The summed E-state index contributed by atoms with van der Waals surface area (Å²) in [4.78, 5) is -0.0525. The van der Waals surface area contributed by atoms with Crippen LogP contribution in [-0.2, 0) is 26.2 Å². The second-order valence-corrected chi connectivity index (χ2v) is 9.41. The van der Waals surface area contributed by atoms with Crippen molar-refractivity contribution >= 4 is 25.4 Å². The Hall–Kier alpha value is -1.87. The van der Waals surface area contributed by atoms with Crippen molar-refractivity contribution in [3.63, 3.8) is 0 Å². The first-order chi connectivity index (χ1) is 10.6. The largest absolute Gasteiger partial charge is 0.382 e. The van der Waals surface area contributed by atoms with Gasteiger partial charge in [-0.1, -0.05) is 0 Å². The Morgan fingerprint density at radius 1 is 1.13 bits per heavy atom. The average molecular weight is 357 g/mol. The maximum Gasteiger partial charge on any atom is 0.177 e. The third kappa shape index (κ3) is 4.55. The van der Waals surface area contributed by atoms with Gasteiger partial charge in [-0.2, -0.15) is 5.10 Å². The molecule has 0 saturated heterocycles. The summed E-state index contributed by atoms with van der Waals surface area (Å²) in [6.45, 7) is 2.95. The lowest BCUT2D eigenvalue weighted by Gasteiger charge is -2.12. The van der Waals surface area contributed by atoms with Gasteiger partial charge in [0.15, 0.2) is 19.7 Å². The van der Waals surface area contributed by atoms with Crippen LogP contribution in [0.25, 0.3) is 0 Å². The van der Waals surface area contributed by atoms with Crippen LogP contribution < -0.4 is 5.32 Å². The van der Waals surface area contributed by atoms with Gasteiger partial charge in [0.2, 0.25) is 0 Å². The second-order valence-electron chi connectivity index (χ2n) is 5.41. The van der Waals surface area contributed by atoms with E-state index in [1.54, 1.807) is 10.9 Å². The van der Waals surface area contributed by atoms with Gasteiger partial charge in [0, 0.05) is 25.3 Å². The highest BCUT2D eigenvalue weighted by Gasteiger charge is 2.17. The molecule has 0 aliphatic carbocycles. The van der Waals surface area contributed by atoms with Crippen molar-refractivity contribution in [3.8, 4) is 0 Å². The van der Waals surface area contributed by atoms with Crippen molar-refractivity contribution < 1.29 is 16.8 Å². The van der Waals surface area contributed by atoms with Crippen LogP contribution in [0.4, 0.5) is 5.69 Å². The molecule has 0 aliphatic heterocycles. The molecule has 7 nitrogen and oxygen atoms in total. The quantitative estimate of drug-likeness (QED) is 0.832. The van der Waals surface area contributed by atoms with Gasteiger partial charge in [-0.15, -0.1) is 0 Å². The zero-order valence-electron chi connectivity index (χ0n) is 13.1. The average Bonchev–Trinajstić information content (AvgIpc) is 2.82. The summed E-state index contributed by atoms with van der Waals surface area (Å²) in [5, 5.41) is 7.17. The molecule has 0 radical (unpaired) electrons. The molecule has 0 spiro atoms. The monoisotopic (exact) mass is 357 g/mol. The highest BCUT2D eigenvalue weighted by Crippen LogP contribution is 2.25. The molecule has 126 valence electrons. The number of anilines is 1. The van der Waals surface area contributed by atoms with Gasteiger partial charge in [0.05, 0.1) is 28.2 Å². The van der Waals surface area contributed by atoms with Crippen molar-refractivity contribution in [3.05, 3.63) is 36.2 Å². The van der Waals surface area contributed by atoms with E-state index in [1.165, 1.54) is 18.2 Å². The maximum absolute atomic E-state index is 11.9. The molecular formula is C14H19N3O4S2. The smallest absolute Gasteiger partial charge is 0.177 e. The number of aryl methyl sites for hydroxylation is 1. The Morgan fingerprint density at radius 3 is 2.35 bits per heavy atom. The summed E-state index contributed by atoms with van der Waals surface area (Å²) in [7, 11) is -7.03. The van der Waals surface area contributed by atoms with E-state index >= 15 is 0 Å². The van der Waals surface area contributed by atoms with E-state index in [1.807, 2.05) is 13.1 Å². The van der Waals surface area contributed by atoms with Crippen molar-refractivity contribution in [2.75, 3.05) is 24.4 Å². The van der Waals surface area contributed by atoms with E-state index in [2.05, 4.69) is 10.4 Å². The summed E-state index contributed by atoms with van der Waals surface area (Å²) >= 11 is 0. The highest BCUT2D eigenvalue weighted by atomic mass is 32.2. The number of benzene rings is 1. The maximum atomic E-state index is 11.9. The third-order valence-corrected chi connectivity index (χ3v) is 5.45. The van der Waals surface area contributed by atoms with Crippen LogP contribution in [0.5, 0.6) is 0 Å². The molecule has 0 saturated carbocycles. The van der Waals surface area contributed by atoms with E-state index in [4.69, 9.17) is 0 Å². The molecule has 0 amide bonds. The standard InChI is InChI=1S/C14H19N3O4S2/c1-11-9-16-17(10-11)7-6-15-13-5-4-12(22(2,18)19)8-14(13)23(3,20)21/h4-5,8-10,15H,6-7H2,1-3H3. The minimum absolute atomic E-state index is 0.0221. The molecule has 0 fully saturated rings. The van der Waals surface area contributed by atoms with E-state index < -0.39 is 19.7 Å². The van der Waals surface area contributed by atoms with E-state index in [0.717, 1.165) is 18.1 Å². The zero-order chi connectivity index (χ0) is 17.3. The van der Waals surface area contributed by atoms with Crippen molar-refractivity contribution in [2.24, 2.45) is 0 Å². The van der Waals surface area contributed by atoms with Gasteiger partial charge < -0.3 is 5.32 Å². The fourth-order valence-electron chi connectivity index (χ4n) is 2.08. The van der Waals surface area contributed by atoms with E-state index in [-0.39, 0.29) is 9.79 Å². The van der Waals surface area contributed by atoms with Crippen LogP contribution in [0, 0.1) is 6.92 Å². The van der Waals surface area contributed by atoms with Crippen LogP contribution >= 0.6 is 0 Å². The molecule has 2 aromatic rings. The summed E-state index contributed by atoms with van der Waals surface area (Å²) in [6, 6.07) is 4.05. The van der Waals surface area contributed by atoms with E-state index in [0.29, 0.717) is 18.8 Å². The molecule has 0 atom stereocenters. The van der Waals surface area contributed by atoms with Gasteiger partial charge >= 0.3 is 0 Å². The topological polar surface area (TPSA) is 98.1 Å². The summed E-state index contributed by atoms with van der Waals surface area (Å²) in [5.41, 5.74) is 1.42. The number of nitrogens with zero attached hydrogens (tertiary/aromatic N) is 2. The van der Waals surface area contributed by atoms with Gasteiger partial charge in [0.25, 0.3) is 0 Å². The summed E-state index contributed by atoms with van der Waals surface area (Å²) in [6.07, 6.45) is 5.71. The summed E-state index contributed by atoms with van der Waals surface area (Å²) in [5.74, 6) is 0. The number of aromatic nitrogens is 2. The predicted octanol–water partition coefficient (Wildman–Crippen LogP) is 1.11. The van der Waals surface area contributed by atoms with Crippen LogP contribution in [0.15, 0.2) is 40.4 Å². The molecule has 1 N–H and O–H groups in total. The minimum Gasteiger partial charge on any atom is -0.382 e. The number of hydrogen-bond acceptors (Lipinski definition) is 6. The lowest BCUT2D eigenvalue weighted by molar-refractivity contribution is 0.600. The second kappa shape index (κ2) is 6.32. The van der Waals surface area contributed by atoms with Crippen LogP contribution in [0.2, 0.25) is 0 Å². The van der Waals surface area contributed by atoms with Crippen LogP contribution in [-0.4, -0.2) is 45.7 Å². The number of nitrogens with one attached hydrogen (secondary N) is 1.